The second-order valence-corrected chi connectivity index (χ2v) is 13.2. The summed E-state index contributed by atoms with van der Waals surface area (Å²) in [4.78, 5) is 2.38. The first-order valence-electron chi connectivity index (χ1n) is 16.4. The van der Waals surface area contributed by atoms with Crippen molar-refractivity contribution in [1.82, 2.24) is 0 Å². The minimum Gasteiger partial charge on any atom is -0.310 e. The Morgan fingerprint density at radius 1 is 0.333 bits per heavy atom. The van der Waals surface area contributed by atoms with Crippen LogP contribution in [-0.4, -0.2) is 0 Å². The summed E-state index contributed by atoms with van der Waals surface area (Å²) in [5.74, 6) is 0. The summed E-state index contributed by atoms with van der Waals surface area (Å²) in [5, 5.41) is 5.28. The van der Waals surface area contributed by atoms with Gasteiger partial charge in [-0.05, 0) is 81.1 Å². The minimum absolute atomic E-state index is 1.11. The normalized spacial score (nSPS) is 11.3. The second-order valence-electron chi connectivity index (χ2n) is 12.1. The van der Waals surface area contributed by atoms with Gasteiger partial charge in [0.15, 0.2) is 0 Å². The fourth-order valence-corrected chi connectivity index (χ4v) is 8.17. The highest BCUT2D eigenvalue weighted by Crippen LogP contribution is 2.45. The molecule has 0 radical (unpaired) electrons. The number of hydrogen-bond acceptors (Lipinski definition) is 2. The van der Waals surface area contributed by atoms with Crippen LogP contribution < -0.4 is 4.90 Å². The Kier molecular flexibility index (Phi) is 7.07. The molecular formula is C46H31NS. The van der Waals surface area contributed by atoms with Gasteiger partial charge in [0.05, 0.1) is 5.69 Å². The van der Waals surface area contributed by atoms with Gasteiger partial charge in [-0.3, -0.25) is 0 Å². The first kappa shape index (κ1) is 28.3. The number of anilines is 3. The minimum atomic E-state index is 1.11. The molecule has 0 aliphatic heterocycles. The Morgan fingerprint density at radius 2 is 0.833 bits per heavy atom. The van der Waals surface area contributed by atoms with Crippen LogP contribution >= 0.6 is 11.3 Å². The van der Waals surface area contributed by atoms with E-state index >= 15 is 0 Å². The highest BCUT2D eigenvalue weighted by atomic mass is 32.1. The smallest absolute Gasteiger partial charge is 0.0540 e. The van der Waals surface area contributed by atoms with E-state index in [4.69, 9.17) is 0 Å². The van der Waals surface area contributed by atoms with Crippen molar-refractivity contribution in [2.24, 2.45) is 0 Å². The lowest BCUT2D eigenvalue weighted by molar-refractivity contribution is 1.28. The van der Waals surface area contributed by atoms with E-state index in [9.17, 15) is 0 Å². The lowest BCUT2D eigenvalue weighted by atomic mass is 9.94. The topological polar surface area (TPSA) is 3.24 Å². The molecule has 1 heterocycles. The average Bonchev–Trinajstić information content (AvgIpc) is 3.55. The molecule has 0 bridgehead atoms. The quantitative estimate of drug-likeness (QED) is 0.177. The zero-order valence-electron chi connectivity index (χ0n) is 26.3. The molecule has 0 saturated heterocycles. The molecule has 8 aromatic carbocycles. The third-order valence-electron chi connectivity index (χ3n) is 9.28. The monoisotopic (exact) mass is 629 g/mol. The van der Waals surface area contributed by atoms with Crippen LogP contribution in [0.4, 0.5) is 17.1 Å². The number of para-hydroxylation sites is 1. The van der Waals surface area contributed by atoms with Crippen LogP contribution in [0.2, 0.25) is 0 Å². The maximum Gasteiger partial charge on any atom is 0.0540 e. The molecule has 0 aliphatic carbocycles. The molecule has 0 fully saturated rings. The Balaban J connectivity index is 1.19. The molecule has 48 heavy (non-hydrogen) atoms. The van der Waals surface area contributed by atoms with E-state index in [1.54, 1.807) is 0 Å². The number of thiophene rings is 1. The van der Waals surface area contributed by atoms with Crippen LogP contribution in [0.15, 0.2) is 188 Å². The summed E-state index contributed by atoms with van der Waals surface area (Å²) in [6, 6.07) is 68.0. The molecule has 226 valence electrons. The maximum atomic E-state index is 2.39. The van der Waals surface area contributed by atoms with E-state index in [0.29, 0.717) is 0 Å². The van der Waals surface area contributed by atoms with Crippen molar-refractivity contribution in [1.29, 1.82) is 0 Å². The molecule has 0 atom stereocenters. The molecule has 9 aromatic rings. The molecule has 0 unspecified atom stereocenters. The van der Waals surface area contributed by atoms with Gasteiger partial charge >= 0.3 is 0 Å². The van der Waals surface area contributed by atoms with E-state index < -0.39 is 0 Å². The fourth-order valence-electron chi connectivity index (χ4n) is 7.01. The van der Waals surface area contributed by atoms with E-state index in [1.807, 2.05) is 11.3 Å². The summed E-state index contributed by atoms with van der Waals surface area (Å²) in [6.45, 7) is 0. The first-order chi connectivity index (χ1) is 23.8. The molecule has 0 spiro atoms. The van der Waals surface area contributed by atoms with Crippen molar-refractivity contribution in [3.8, 4) is 33.4 Å². The number of hydrogen-bond donors (Lipinski definition) is 0. The molecule has 0 saturated carbocycles. The van der Waals surface area contributed by atoms with Crippen molar-refractivity contribution < 1.29 is 0 Å². The van der Waals surface area contributed by atoms with Crippen molar-refractivity contribution in [2.75, 3.05) is 4.90 Å². The van der Waals surface area contributed by atoms with E-state index in [0.717, 1.165) is 17.1 Å². The number of rotatable bonds is 6. The molecule has 2 heteroatoms. The van der Waals surface area contributed by atoms with Crippen molar-refractivity contribution in [3.63, 3.8) is 0 Å². The van der Waals surface area contributed by atoms with Crippen LogP contribution in [0.1, 0.15) is 0 Å². The van der Waals surface area contributed by atoms with Crippen LogP contribution in [-0.2, 0) is 0 Å². The summed E-state index contributed by atoms with van der Waals surface area (Å²) < 4.78 is 2.65. The molecule has 0 amide bonds. The zero-order chi connectivity index (χ0) is 31.9. The van der Waals surface area contributed by atoms with Gasteiger partial charge in [-0.15, -0.1) is 11.3 Å². The van der Waals surface area contributed by atoms with Crippen LogP contribution in [0.5, 0.6) is 0 Å². The lowest BCUT2D eigenvalue weighted by Crippen LogP contribution is -2.11. The van der Waals surface area contributed by atoms with Gasteiger partial charge in [0, 0.05) is 37.1 Å². The molecule has 9 rings (SSSR count). The van der Waals surface area contributed by atoms with Gasteiger partial charge < -0.3 is 4.90 Å². The van der Waals surface area contributed by atoms with Crippen LogP contribution in [0.25, 0.3) is 64.3 Å². The van der Waals surface area contributed by atoms with Gasteiger partial charge in [-0.1, -0.05) is 146 Å². The number of nitrogens with zero attached hydrogens (tertiary/aromatic N) is 1. The van der Waals surface area contributed by atoms with E-state index in [-0.39, 0.29) is 0 Å². The summed E-state index contributed by atoms with van der Waals surface area (Å²) >= 11 is 1.88. The van der Waals surface area contributed by atoms with E-state index in [2.05, 4.69) is 193 Å². The van der Waals surface area contributed by atoms with Gasteiger partial charge in [0.1, 0.15) is 0 Å². The highest BCUT2D eigenvalue weighted by molar-refractivity contribution is 7.26. The number of benzene rings is 8. The van der Waals surface area contributed by atoms with Gasteiger partial charge in [0.25, 0.3) is 0 Å². The fraction of sp³-hybridized carbons (Fsp3) is 0. The lowest BCUT2D eigenvalue weighted by Gasteiger charge is -2.28. The molecule has 0 aliphatic rings. The molecule has 1 nitrogen and oxygen atoms in total. The van der Waals surface area contributed by atoms with Crippen molar-refractivity contribution in [3.05, 3.63) is 188 Å². The third-order valence-corrected chi connectivity index (χ3v) is 10.4. The standard InChI is InChI=1S/C46H31NS/c1-3-13-32(14-4-1)33-23-27-36(28-24-33)47(43-21-11-9-17-38(43)34-15-5-2-6-16-34)37-29-25-35(26-30-37)42-31-45-46(40-19-8-7-18-39(40)42)41-20-10-12-22-44(41)48-45/h1-31H. The SMILES string of the molecule is c1ccc(-c2ccc(N(c3ccc(-c4cc5sc6ccccc6c5c5ccccc45)cc3)c3ccccc3-c3ccccc3)cc2)cc1. The van der Waals surface area contributed by atoms with Gasteiger partial charge in [-0.2, -0.15) is 0 Å². The van der Waals surface area contributed by atoms with Crippen molar-refractivity contribution >= 4 is 59.3 Å². The number of fused-ring (bicyclic) bond motifs is 5. The predicted octanol–water partition coefficient (Wildman–Crippen LogP) is 13.7. The zero-order valence-corrected chi connectivity index (χ0v) is 27.1. The van der Waals surface area contributed by atoms with E-state index in [1.165, 1.54) is 64.3 Å². The second kappa shape index (κ2) is 12.0. The van der Waals surface area contributed by atoms with Crippen LogP contribution in [0, 0.1) is 0 Å². The van der Waals surface area contributed by atoms with Gasteiger partial charge in [0.2, 0.25) is 0 Å². The highest BCUT2D eigenvalue weighted by Gasteiger charge is 2.18. The predicted molar refractivity (Wildman–Crippen MR) is 208 cm³/mol. The summed E-state index contributed by atoms with van der Waals surface area (Å²) in [6.07, 6.45) is 0. The van der Waals surface area contributed by atoms with Gasteiger partial charge in [-0.25, -0.2) is 0 Å². The Bertz CT molecular complexity index is 2530. The Hall–Kier alpha value is -5.96. The maximum absolute atomic E-state index is 2.39. The first-order valence-corrected chi connectivity index (χ1v) is 17.2. The summed E-state index contributed by atoms with van der Waals surface area (Å²) in [5.41, 5.74) is 10.6. The average molecular weight is 630 g/mol. The molecular weight excluding hydrogens is 599 g/mol. The van der Waals surface area contributed by atoms with Crippen LogP contribution in [0.3, 0.4) is 0 Å². The Labute approximate surface area is 284 Å². The largest absolute Gasteiger partial charge is 0.310 e. The molecule has 0 N–H and O–H groups in total. The van der Waals surface area contributed by atoms with Crippen molar-refractivity contribution in [2.45, 2.75) is 0 Å². The third kappa shape index (κ3) is 4.95. The molecule has 1 aromatic heterocycles. The summed E-state index contributed by atoms with van der Waals surface area (Å²) in [7, 11) is 0. The Morgan fingerprint density at radius 3 is 1.54 bits per heavy atom.